The molecule has 1 saturated heterocycles. The van der Waals surface area contributed by atoms with E-state index >= 15 is 0 Å². The van der Waals surface area contributed by atoms with E-state index in [-0.39, 0.29) is 42.3 Å². The fourth-order valence-electron chi connectivity index (χ4n) is 6.10. The zero-order valence-electron chi connectivity index (χ0n) is 26.6. The summed E-state index contributed by atoms with van der Waals surface area (Å²) in [7, 11) is 1.61. The quantitative estimate of drug-likeness (QED) is 0.444. The Morgan fingerprint density at radius 2 is 1.74 bits per heavy atom. The number of nitrogens with zero attached hydrogens (tertiary/aromatic N) is 2. The number of ether oxygens (including phenoxy) is 1. The number of fused-ring (bicyclic) bond motifs is 3. The van der Waals surface area contributed by atoms with Crippen LogP contribution in [0.1, 0.15) is 59.4 Å². The predicted octanol–water partition coefficient (Wildman–Crippen LogP) is 4.45. The average molecular weight is 629 g/mol. The first-order valence-electron chi connectivity index (χ1n) is 15.9. The van der Waals surface area contributed by atoms with Crippen LogP contribution in [0.3, 0.4) is 0 Å². The summed E-state index contributed by atoms with van der Waals surface area (Å²) in [6, 6.07) is 17.9. The highest BCUT2D eigenvalue weighted by atomic mass is 19.1. The third kappa shape index (κ3) is 7.38. The van der Waals surface area contributed by atoms with Gasteiger partial charge in [0.25, 0.3) is 11.8 Å². The van der Waals surface area contributed by atoms with Crippen molar-refractivity contribution in [1.82, 2.24) is 20.4 Å². The molecular weight excluding hydrogens is 587 g/mol. The van der Waals surface area contributed by atoms with Gasteiger partial charge in [0.05, 0.1) is 19.2 Å². The minimum Gasteiger partial charge on any atom is -0.496 e. The van der Waals surface area contributed by atoms with Crippen LogP contribution in [0.2, 0.25) is 0 Å². The van der Waals surface area contributed by atoms with Crippen molar-refractivity contribution in [1.29, 1.82) is 0 Å². The highest BCUT2D eigenvalue weighted by Gasteiger charge is 2.37. The highest BCUT2D eigenvalue weighted by Crippen LogP contribution is 2.30. The van der Waals surface area contributed by atoms with E-state index in [0.29, 0.717) is 50.1 Å². The van der Waals surface area contributed by atoms with Gasteiger partial charge >= 0.3 is 0 Å². The lowest BCUT2D eigenvalue weighted by atomic mass is 10.0. The van der Waals surface area contributed by atoms with Gasteiger partial charge in [0.2, 0.25) is 11.8 Å². The SMILES string of the molecule is COc1ccccc1-c1ccc(C(=O)N2CC(=O)NCCCc3ccc(F)c(c3)C(=O)N3CCC[C@H]3C(=O)N[C@H](C(C)C)C2)cc1. The molecule has 2 aliphatic rings. The number of aryl methyl sites for hydroxylation is 1. The Bertz CT molecular complexity index is 1590. The maximum atomic E-state index is 14.8. The number of amides is 4. The van der Waals surface area contributed by atoms with E-state index in [1.165, 1.54) is 15.9 Å². The van der Waals surface area contributed by atoms with Crippen molar-refractivity contribution >= 4 is 23.6 Å². The largest absolute Gasteiger partial charge is 0.496 e. The second-order valence-corrected chi connectivity index (χ2v) is 12.2. The van der Waals surface area contributed by atoms with Crippen LogP contribution in [0.25, 0.3) is 11.1 Å². The Morgan fingerprint density at radius 3 is 2.48 bits per heavy atom. The Morgan fingerprint density at radius 1 is 0.978 bits per heavy atom. The van der Waals surface area contributed by atoms with Crippen molar-refractivity contribution in [3.8, 4) is 16.9 Å². The molecule has 242 valence electrons. The molecule has 0 aromatic heterocycles. The third-order valence-corrected chi connectivity index (χ3v) is 8.76. The summed E-state index contributed by atoms with van der Waals surface area (Å²) in [4.78, 5) is 57.1. The molecule has 2 aliphatic heterocycles. The van der Waals surface area contributed by atoms with Crippen LogP contribution in [0, 0.1) is 11.7 Å². The minimum atomic E-state index is -0.762. The van der Waals surface area contributed by atoms with Crippen molar-refractivity contribution in [2.45, 2.75) is 51.6 Å². The normalized spacial score (nSPS) is 19.7. The Kier molecular flexibility index (Phi) is 10.3. The van der Waals surface area contributed by atoms with Gasteiger partial charge < -0.3 is 25.2 Å². The number of nitrogens with one attached hydrogen (secondary N) is 2. The molecule has 0 aliphatic carbocycles. The lowest BCUT2D eigenvalue weighted by Gasteiger charge is -2.32. The zero-order chi connectivity index (χ0) is 32.8. The molecule has 10 heteroatoms. The lowest BCUT2D eigenvalue weighted by Crippen LogP contribution is -2.54. The van der Waals surface area contributed by atoms with E-state index in [2.05, 4.69) is 10.6 Å². The molecule has 2 atom stereocenters. The lowest BCUT2D eigenvalue weighted by molar-refractivity contribution is -0.126. The number of hydrogen-bond donors (Lipinski definition) is 2. The summed E-state index contributed by atoms with van der Waals surface area (Å²) in [6.07, 6.45) is 2.14. The van der Waals surface area contributed by atoms with E-state index < -0.39 is 23.8 Å². The minimum absolute atomic E-state index is 0.0561. The molecule has 3 aromatic rings. The van der Waals surface area contributed by atoms with Crippen molar-refractivity contribution < 1.29 is 28.3 Å². The van der Waals surface area contributed by atoms with E-state index in [1.54, 1.807) is 31.4 Å². The van der Waals surface area contributed by atoms with Gasteiger partial charge in [-0.25, -0.2) is 4.39 Å². The number of carbonyl (C=O) groups excluding carboxylic acids is 4. The van der Waals surface area contributed by atoms with Crippen LogP contribution in [0.15, 0.2) is 66.7 Å². The van der Waals surface area contributed by atoms with Crippen LogP contribution in [-0.4, -0.2) is 78.8 Å². The molecule has 0 radical (unpaired) electrons. The fourth-order valence-corrected chi connectivity index (χ4v) is 6.10. The van der Waals surface area contributed by atoms with Crippen molar-refractivity contribution in [3.63, 3.8) is 0 Å². The van der Waals surface area contributed by atoms with Gasteiger partial charge in [0, 0.05) is 36.8 Å². The standard InChI is InChI=1S/C36H41FN4O5/c1-23(2)30-21-40(35(44)26-15-13-25(14-16-26)27-9-4-5-11-32(27)46-3)22-33(42)38-18-6-8-24-12-17-29(37)28(20-24)36(45)41-19-7-10-31(41)34(43)39-30/h4-5,9,11-17,20,23,30-31H,6-8,10,18-19,21-22H2,1-3H3,(H,38,42)(H,39,43)/t30-,31-/m0/s1. The zero-order valence-corrected chi connectivity index (χ0v) is 26.6. The molecule has 5 rings (SSSR count). The topological polar surface area (TPSA) is 108 Å². The Hall–Kier alpha value is -4.73. The van der Waals surface area contributed by atoms with Gasteiger partial charge in [0.15, 0.2) is 0 Å². The van der Waals surface area contributed by atoms with Crippen molar-refractivity contribution in [2.75, 3.05) is 33.3 Å². The number of benzene rings is 3. The Labute approximate surface area is 269 Å². The number of hydrogen-bond acceptors (Lipinski definition) is 5. The summed E-state index contributed by atoms with van der Waals surface area (Å²) in [5.41, 5.74) is 2.88. The number of halogens is 1. The summed E-state index contributed by atoms with van der Waals surface area (Å²) in [6.45, 7) is 4.43. The van der Waals surface area contributed by atoms with E-state index in [4.69, 9.17) is 4.74 Å². The number of methoxy groups -OCH3 is 1. The first kappa shape index (κ1) is 32.7. The maximum Gasteiger partial charge on any atom is 0.257 e. The molecule has 3 aromatic carbocycles. The first-order chi connectivity index (χ1) is 22.2. The van der Waals surface area contributed by atoms with Gasteiger partial charge in [0.1, 0.15) is 17.6 Å². The van der Waals surface area contributed by atoms with Gasteiger partial charge in [-0.05, 0) is 73.1 Å². The molecule has 2 bridgehead atoms. The summed E-state index contributed by atoms with van der Waals surface area (Å²) >= 11 is 0. The number of carbonyl (C=O) groups is 4. The molecule has 4 amide bonds. The van der Waals surface area contributed by atoms with Crippen molar-refractivity contribution in [2.24, 2.45) is 5.92 Å². The van der Waals surface area contributed by atoms with Crippen LogP contribution >= 0.6 is 0 Å². The molecule has 0 saturated carbocycles. The maximum absolute atomic E-state index is 14.8. The third-order valence-electron chi connectivity index (χ3n) is 8.76. The fraction of sp³-hybridized carbons (Fsp3) is 0.389. The van der Waals surface area contributed by atoms with Gasteiger partial charge in [-0.15, -0.1) is 0 Å². The number of rotatable bonds is 4. The van der Waals surface area contributed by atoms with E-state index in [1.807, 2.05) is 50.2 Å². The molecule has 0 unspecified atom stereocenters. The number of para-hydroxylation sites is 1. The Balaban J connectivity index is 1.42. The molecule has 2 heterocycles. The van der Waals surface area contributed by atoms with Crippen LogP contribution in [-0.2, 0) is 16.0 Å². The van der Waals surface area contributed by atoms with E-state index in [0.717, 1.165) is 16.7 Å². The molecule has 2 N–H and O–H groups in total. The van der Waals surface area contributed by atoms with Gasteiger partial charge in [-0.2, -0.15) is 0 Å². The van der Waals surface area contributed by atoms with Gasteiger partial charge in [-0.3, -0.25) is 19.2 Å². The van der Waals surface area contributed by atoms with Crippen LogP contribution in [0.5, 0.6) is 5.75 Å². The molecule has 46 heavy (non-hydrogen) atoms. The molecule has 9 nitrogen and oxygen atoms in total. The summed E-state index contributed by atoms with van der Waals surface area (Å²) < 4.78 is 20.3. The average Bonchev–Trinajstić information content (AvgIpc) is 3.56. The van der Waals surface area contributed by atoms with E-state index in [9.17, 15) is 23.6 Å². The second kappa shape index (κ2) is 14.6. The molecule has 0 spiro atoms. The first-order valence-corrected chi connectivity index (χ1v) is 15.9. The predicted molar refractivity (Wildman–Crippen MR) is 173 cm³/mol. The van der Waals surface area contributed by atoms with Crippen LogP contribution < -0.4 is 15.4 Å². The second-order valence-electron chi connectivity index (χ2n) is 12.2. The highest BCUT2D eigenvalue weighted by molar-refractivity contribution is 5.99. The van der Waals surface area contributed by atoms with Crippen molar-refractivity contribution in [3.05, 3.63) is 89.2 Å². The van der Waals surface area contributed by atoms with Crippen LogP contribution in [0.4, 0.5) is 4.39 Å². The summed E-state index contributed by atoms with van der Waals surface area (Å²) in [5.74, 6) is -1.55. The smallest absolute Gasteiger partial charge is 0.257 e. The molecule has 1 fully saturated rings. The van der Waals surface area contributed by atoms with Gasteiger partial charge in [-0.1, -0.05) is 50.2 Å². The summed E-state index contributed by atoms with van der Waals surface area (Å²) in [5, 5.41) is 5.94. The monoisotopic (exact) mass is 628 g/mol. The molecular formula is C36H41FN4O5.